The number of hydrogen-bond acceptors (Lipinski definition) is 8. The van der Waals surface area contributed by atoms with Gasteiger partial charge in [-0.15, -0.1) is 0 Å². The minimum Gasteiger partial charge on any atom is -0.463 e. The summed E-state index contributed by atoms with van der Waals surface area (Å²) in [6.07, 6.45) is -5.22. The summed E-state index contributed by atoms with van der Waals surface area (Å²) in [5.74, 6) is -1.78. The van der Waals surface area contributed by atoms with Crippen molar-refractivity contribution in [1.82, 2.24) is 5.32 Å². The third-order valence-corrected chi connectivity index (χ3v) is 2.82. The van der Waals surface area contributed by atoms with Gasteiger partial charge in [-0.25, -0.2) is 0 Å². The molecule has 0 aliphatic carbocycles. The van der Waals surface area contributed by atoms with Gasteiger partial charge in [-0.2, -0.15) is 0 Å². The van der Waals surface area contributed by atoms with Crippen molar-refractivity contribution in [3.8, 4) is 0 Å². The third-order valence-electron chi connectivity index (χ3n) is 2.82. The van der Waals surface area contributed by atoms with E-state index in [-0.39, 0.29) is 6.61 Å². The quantitative estimate of drug-likeness (QED) is 0.511. The first-order valence-corrected chi connectivity index (χ1v) is 6.31. The molecule has 21 heavy (non-hydrogen) atoms. The molecule has 0 aromatic carbocycles. The minimum absolute atomic E-state index is 0.321. The van der Waals surface area contributed by atoms with Crippen molar-refractivity contribution in [2.75, 3.05) is 6.61 Å². The second kappa shape index (κ2) is 7.34. The number of ether oxygens (including phenoxy) is 3. The van der Waals surface area contributed by atoms with Gasteiger partial charge in [-0.3, -0.25) is 14.4 Å². The standard InChI is InChI=1S/C12H19NO8/c1-5(14)13-9-11(20-7(3)16)10(17)8(21-12(9)18)4-19-6(2)15/h8-12,17-18H,4H2,1-3H3,(H,13,14)/t8?,9?,10-,11?,12?/m1/s1. The number of rotatable bonds is 4. The Kier molecular flexibility index (Phi) is 6.06. The first-order chi connectivity index (χ1) is 9.72. The van der Waals surface area contributed by atoms with Crippen molar-refractivity contribution in [1.29, 1.82) is 0 Å². The second-order valence-electron chi connectivity index (χ2n) is 4.66. The summed E-state index contributed by atoms with van der Waals surface area (Å²) in [6, 6.07) is -1.13. The number of esters is 2. The molecule has 0 radical (unpaired) electrons. The van der Waals surface area contributed by atoms with Crippen molar-refractivity contribution in [2.24, 2.45) is 0 Å². The molecule has 9 heteroatoms. The number of carbonyl (C=O) groups excluding carboxylic acids is 3. The van der Waals surface area contributed by atoms with E-state index in [4.69, 9.17) is 14.2 Å². The van der Waals surface area contributed by atoms with Crippen LogP contribution in [0.15, 0.2) is 0 Å². The number of hydrogen-bond donors (Lipinski definition) is 3. The van der Waals surface area contributed by atoms with Crippen LogP contribution in [0.4, 0.5) is 0 Å². The van der Waals surface area contributed by atoms with E-state index in [9.17, 15) is 24.6 Å². The molecule has 3 N–H and O–H groups in total. The summed E-state index contributed by atoms with van der Waals surface area (Å²) >= 11 is 0. The topological polar surface area (TPSA) is 131 Å². The van der Waals surface area contributed by atoms with Crippen LogP contribution >= 0.6 is 0 Å². The van der Waals surface area contributed by atoms with Crippen LogP contribution in [0.1, 0.15) is 20.8 Å². The average molecular weight is 305 g/mol. The number of aliphatic hydroxyl groups is 2. The van der Waals surface area contributed by atoms with Gasteiger partial charge in [0.1, 0.15) is 24.9 Å². The van der Waals surface area contributed by atoms with Gasteiger partial charge >= 0.3 is 11.9 Å². The first kappa shape index (κ1) is 17.3. The summed E-state index contributed by atoms with van der Waals surface area (Å²) in [4.78, 5) is 33.0. The monoisotopic (exact) mass is 305 g/mol. The smallest absolute Gasteiger partial charge is 0.303 e. The van der Waals surface area contributed by atoms with E-state index in [0.29, 0.717) is 0 Å². The Morgan fingerprint density at radius 3 is 2.24 bits per heavy atom. The minimum atomic E-state index is -1.53. The average Bonchev–Trinajstić information content (AvgIpc) is 2.35. The van der Waals surface area contributed by atoms with Gasteiger partial charge in [-0.05, 0) is 0 Å². The molecule has 1 fully saturated rings. The van der Waals surface area contributed by atoms with E-state index >= 15 is 0 Å². The normalized spacial score (nSPS) is 32.1. The maximum atomic E-state index is 11.1. The molecule has 1 aliphatic heterocycles. The van der Waals surface area contributed by atoms with Gasteiger partial charge in [0.05, 0.1) is 0 Å². The molecule has 0 aromatic heterocycles. The van der Waals surface area contributed by atoms with E-state index in [0.717, 1.165) is 6.92 Å². The van der Waals surface area contributed by atoms with Gasteiger partial charge in [0.2, 0.25) is 5.91 Å². The van der Waals surface area contributed by atoms with E-state index in [1.54, 1.807) is 0 Å². The Labute approximate surface area is 121 Å². The van der Waals surface area contributed by atoms with E-state index in [1.165, 1.54) is 13.8 Å². The maximum absolute atomic E-state index is 11.1. The molecule has 4 unspecified atom stereocenters. The number of carbonyl (C=O) groups is 3. The van der Waals surface area contributed by atoms with Crippen LogP contribution < -0.4 is 5.32 Å². The zero-order chi connectivity index (χ0) is 16.2. The zero-order valence-corrected chi connectivity index (χ0v) is 11.9. The van der Waals surface area contributed by atoms with Crippen molar-refractivity contribution >= 4 is 17.8 Å². The van der Waals surface area contributed by atoms with Crippen molar-refractivity contribution < 1.29 is 38.8 Å². The molecular formula is C12H19NO8. The van der Waals surface area contributed by atoms with Crippen LogP contribution in [0, 0.1) is 0 Å². The third kappa shape index (κ3) is 4.96. The lowest BCUT2D eigenvalue weighted by Gasteiger charge is -2.42. The lowest BCUT2D eigenvalue weighted by Crippen LogP contribution is -2.65. The van der Waals surface area contributed by atoms with Gasteiger partial charge in [-0.1, -0.05) is 0 Å². The van der Waals surface area contributed by atoms with Crippen LogP contribution in [-0.4, -0.2) is 65.3 Å². The summed E-state index contributed by atoms with van der Waals surface area (Å²) in [5, 5.41) is 22.4. The Hall–Kier alpha value is -1.71. The predicted octanol–water partition coefficient (Wildman–Crippen LogP) is -1.94. The zero-order valence-electron chi connectivity index (χ0n) is 11.9. The molecule has 0 saturated carbocycles. The number of nitrogens with one attached hydrogen (secondary N) is 1. The van der Waals surface area contributed by atoms with E-state index in [1.807, 2.05) is 0 Å². The Balaban J connectivity index is 2.87. The first-order valence-electron chi connectivity index (χ1n) is 6.31. The summed E-state index contributed by atoms with van der Waals surface area (Å²) in [7, 11) is 0. The highest BCUT2D eigenvalue weighted by Crippen LogP contribution is 2.23. The number of amides is 1. The Morgan fingerprint density at radius 2 is 1.76 bits per heavy atom. The largest absolute Gasteiger partial charge is 0.463 e. The van der Waals surface area contributed by atoms with Crippen molar-refractivity contribution in [3.63, 3.8) is 0 Å². The van der Waals surface area contributed by atoms with Crippen LogP contribution in [0.5, 0.6) is 0 Å². The van der Waals surface area contributed by atoms with Gasteiger partial charge in [0.15, 0.2) is 12.4 Å². The molecule has 1 saturated heterocycles. The molecule has 0 bridgehead atoms. The second-order valence-corrected chi connectivity index (χ2v) is 4.66. The molecule has 1 heterocycles. The van der Waals surface area contributed by atoms with E-state index < -0.39 is 48.5 Å². The summed E-state index contributed by atoms with van der Waals surface area (Å²) in [5.41, 5.74) is 0. The van der Waals surface area contributed by atoms with Crippen molar-refractivity contribution in [3.05, 3.63) is 0 Å². The lowest BCUT2D eigenvalue weighted by atomic mass is 9.96. The molecule has 1 aliphatic rings. The van der Waals surface area contributed by atoms with Crippen LogP contribution in [0.3, 0.4) is 0 Å². The van der Waals surface area contributed by atoms with Gasteiger partial charge in [0, 0.05) is 20.8 Å². The molecule has 1 rings (SSSR count). The maximum Gasteiger partial charge on any atom is 0.303 e. The fraction of sp³-hybridized carbons (Fsp3) is 0.750. The fourth-order valence-electron chi connectivity index (χ4n) is 1.99. The highest BCUT2D eigenvalue weighted by atomic mass is 16.6. The SMILES string of the molecule is CC(=O)NC1C(O)OC(COC(C)=O)[C@@H](O)C1OC(C)=O. The number of aliphatic hydroxyl groups excluding tert-OH is 2. The lowest BCUT2D eigenvalue weighted by molar-refractivity contribution is -0.259. The Morgan fingerprint density at radius 1 is 1.14 bits per heavy atom. The summed E-state index contributed by atoms with van der Waals surface area (Å²) < 4.78 is 14.7. The van der Waals surface area contributed by atoms with Gasteiger partial charge < -0.3 is 29.7 Å². The molecular weight excluding hydrogens is 286 g/mol. The predicted molar refractivity (Wildman–Crippen MR) is 66.7 cm³/mol. The highest BCUT2D eigenvalue weighted by Gasteiger charge is 2.47. The molecule has 1 amide bonds. The Bertz CT molecular complexity index is 412. The molecule has 5 atom stereocenters. The van der Waals surface area contributed by atoms with Crippen molar-refractivity contribution in [2.45, 2.75) is 51.4 Å². The molecule has 0 spiro atoms. The van der Waals surface area contributed by atoms with E-state index in [2.05, 4.69) is 5.32 Å². The van der Waals surface area contributed by atoms with Crippen LogP contribution in [0.25, 0.3) is 0 Å². The fourth-order valence-corrected chi connectivity index (χ4v) is 1.99. The van der Waals surface area contributed by atoms with Crippen LogP contribution in [-0.2, 0) is 28.6 Å². The molecule has 0 aromatic rings. The summed E-state index contributed by atoms with van der Waals surface area (Å²) in [6.45, 7) is 3.18. The molecule has 9 nitrogen and oxygen atoms in total. The highest BCUT2D eigenvalue weighted by molar-refractivity contribution is 5.73. The van der Waals surface area contributed by atoms with Gasteiger partial charge in [0.25, 0.3) is 0 Å². The van der Waals surface area contributed by atoms with Crippen LogP contribution in [0.2, 0.25) is 0 Å². The molecule has 120 valence electrons.